The maximum Gasteiger partial charge on any atom is 0.0934 e. The number of hydrogen-bond acceptors (Lipinski definition) is 1. The van der Waals surface area contributed by atoms with E-state index in [-0.39, 0.29) is 0 Å². The average Bonchev–Trinajstić information content (AvgIpc) is 3.30. The number of fused-ring (bicyclic) bond motifs is 8. The molecule has 0 N–H and O–H groups in total. The SMILES string of the molecule is Cn1c2ccccc2c2c1c1ccccc1n1nc(-c3ccccc3)cc21. The normalized spacial score (nSPS) is 11.9. The summed E-state index contributed by atoms with van der Waals surface area (Å²) in [6, 6.07) is 29.8. The minimum absolute atomic E-state index is 1.00. The molecule has 0 atom stereocenters. The molecule has 6 aromatic rings. The lowest BCUT2D eigenvalue weighted by Gasteiger charge is -2.06. The van der Waals surface area contributed by atoms with E-state index in [4.69, 9.17) is 5.10 Å². The Morgan fingerprint density at radius 1 is 0.667 bits per heavy atom. The van der Waals surface area contributed by atoms with Crippen LogP contribution < -0.4 is 0 Å². The first-order valence-corrected chi connectivity index (χ1v) is 9.16. The molecule has 0 fully saturated rings. The van der Waals surface area contributed by atoms with Crippen LogP contribution in [-0.4, -0.2) is 14.2 Å². The largest absolute Gasteiger partial charge is 0.343 e. The zero-order valence-corrected chi connectivity index (χ0v) is 14.9. The van der Waals surface area contributed by atoms with E-state index in [0.717, 1.165) is 22.3 Å². The van der Waals surface area contributed by atoms with Crippen LogP contribution in [0, 0.1) is 0 Å². The molecule has 0 unspecified atom stereocenters. The van der Waals surface area contributed by atoms with E-state index in [1.165, 1.54) is 27.2 Å². The van der Waals surface area contributed by atoms with Crippen molar-refractivity contribution >= 4 is 38.2 Å². The lowest BCUT2D eigenvalue weighted by molar-refractivity contribution is 1.00. The van der Waals surface area contributed by atoms with Crippen molar-refractivity contribution in [1.29, 1.82) is 0 Å². The van der Waals surface area contributed by atoms with Gasteiger partial charge in [-0.05, 0) is 18.2 Å². The number of nitrogens with zero attached hydrogens (tertiary/aromatic N) is 3. The molecule has 6 rings (SSSR count). The van der Waals surface area contributed by atoms with Crippen LogP contribution in [0.2, 0.25) is 0 Å². The molecular weight excluding hydrogens is 330 g/mol. The summed E-state index contributed by atoms with van der Waals surface area (Å²) >= 11 is 0. The fourth-order valence-electron chi connectivity index (χ4n) is 4.32. The second-order valence-corrected chi connectivity index (χ2v) is 7.01. The Kier molecular flexibility index (Phi) is 2.81. The van der Waals surface area contributed by atoms with Crippen molar-refractivity contribution in [1.82, 2.24) is 14.2 Å². The molecule has 0 aliphatic carbocycles. The van der Waals surface area contributed by atoms with Crippen molar-refractivity contribution in [3.63, 3.8) is 0 Å². The zero-order chi connectivity index (χ0) is 18.0. The van der Waals surface area contributed by atoms with E-state index in [0.29, 0.717) is 0 Å². The number of aromatic nitrogens is 3. The van der Waals surface area contributed by atoms with Gasteiger partial charge in [-0.15, -0.1) is 0 Å². The van der Waals surface area contributed by atoms with Crippen LogP contribution in [0.1, 0.15) is 0 Å². The van der Waals surface area contributed by atoms with E-state index in [2.05, 4.69) is 95.0 Å². The third-order valence-corrected chi connectivity index (χ3v) is 5.53. The number of pyridine rings is 1. The minimum Gasteiger partial charge on any atom is -0.343 e. The highest BCUT2D eigenvalue weighted by molar-refractivity contribution is 6.23. The Hall–Kier alpha value is -3.59. The lowest BCUT2D eigenvalue weighted by atomic mass is 10.1. The van der Waals surface area contributed by atoms with Crippen LogP contribution in [0.4, 0.5) is 0 Å². The molecule has 0 aliphatic heterocycles. The Morgan fingerprint density at radius 2 is 1.33 bits per heavy atom. The van der Waals surface area contributed by atoms with Crippen LogP contribution in [-0.2, 0) is 7.05 Å². The van der Waals surface area contributed by atoms with Gasteiger partial charge >= 0.3 is 0 Å². The highest BCUT2D eigenvalue weighted by Crippen LogP contribution is 2.37. The molecule has 3 nitrogen and oxygen atoms in total. The third kappa shape index (κ3) is 1.88. The van der Waals surface area contributed by atoms with Crippen molar-refractivity contribution in [3.8, 4) is 11.3 Å². The number of benzene rings is 3. The van der Waals surface area contributed by atoms with Crippen molar-refractivity contribution in [2.24, 2.45) is 7.05 Å². The van der Waals surface area contributed by atoms with Gasteiger partial charge in [0.1, 0.15) is 0 Å². The first-order chi connectivity index (χ1) is 13.3. The van der Waals surface area contributed by atoms with Crippen LogP contribution in [0.3, 0.4) is 0 Å². The van der Waals surface area contributed by atoms with Gasteiger partial charge < -0.3 is 4.57 Å². The van der Waals surface area contributed by atoms with Gasteiger partial charge in [0.2, 0.25) is 0 Å². The van der Waals surface area contributed by atoms with Crippen LogP contribution in [0.25, 0.3) is 49.5 Å². The number of para-hydroxylation sites is 2. The summed E-state index contributed by atoms with van der Waals surface area (Å²) in [6.45, 7) is 0. The van der Waals surface area contributed by atoms with E-state index >= 15 is 0 Å². The topological polar surface area (TPSA) is 22.2 Å². The molecule has 27 heavy (non-hydrogen) atoms. The summed E-state index contributed by atoms with van der Waals surface area (Å²) in [6.07, 6.45) is 0. The van der Waals surface area contributed by atoms with Gasteiger partial charge in [-0.3, -0.25) is 0 Å². The van der Waals surface area contributed by atoms with E-state index in [9.17, 15) is 0 Å². The van der Waals surface area contributed by atoms with Gasteiger partial charge in [0.05, 0.1) is 22.2 Å². The Morgan fingerprint density at radius 3 is 2.15 bits per heavy atom. The zero-order valence-electron chi connectivity index (χ0n) is 14.9. The molecule has 0 saturated heterocycles. The maximum atomic E-state index is 4.98. The standard InChI is InChI=1S/C24H17N3/c1-26-20-13-7-5-11-17(20)23-22-15-19(16-9-3-2-4-10-16)25-27(22)21-14-8-6-12-18(21)24(23)26/h2-15H,1H3. The van der Waals surface area contributed by atoms with Crippen molar-refractivity contribution in [3.05, 3.63) is 84.9 Å². The minimum atomic E-state index is 1.00. The molecule has 0 saturated carbocycles. The van der Waals surface area contributed by atoms with E-state index in [1.54, 1.807) is 0 Å². The highest BCUT2D eigenvalue weighted by atomic mass is 15.2. The average molecular weight is 347 g/mol. The molecular formula is C24H17N3. The summed E-state index contributed by atoms with van der Waals surface area (Å²) in [5, 5.41) is 8.74. The van der Waals surface area contributed by atoms with Gasteiger partial charge in [-0.2, -0.15) is 5.10 Å². The van der Waals surface area contributed by atoms with Crippen LogP contribution in [0.15, 0.2) is 84.9 Å². The molecule has 128 valence electrons. The smallest absolute Gasteiger partial charge is 0.0934 e. The lowest BCUT2D eigenvalue weighted by Crippen LogP contribution is -1.94. The molecule has 3 heterocycles. The second kappa shape index (κ2) is 5.21. The van der Waals surface area contributed by atoms with Crippen molar-refractivity contribution in [2.45, 2.75) is 0 Å². The number of aryl methyl sites for hydroxylation is 1. The number of hydrogen-bond donors (Lipinski definition) is 0. The summed E-state index contributed by atoms with van der Waals surface area (Å²) in [5.41, 5.74) is 6.93. The number of rotatable bonds is 1. The van der Waals surface area contributed by atoms with Gasteiger partial charge in [0.25, 0.3) is 0 Å². The second-order valence-electron chi connectivity index (χ2n) is 7.01. The summed E-state index contributed by atoms with van der Waals surface area (Å²) in [7, 11) is 2.15. The van der Waals surface area contributed by atoms with Crippen LogP contribution in [0.5, 0.6) is 0 Å². The predicted octanol–water partition coefficient (Wildman–Crippen LogP) is 5.80. The fraction of sp³-hybridized carbons (Fsp3) is 0.0417. The van der Waals surface area contributed by atoms with Crippen molar-refractivity contribution < 1.29 is 0 Å². The summed E-state index contributed by atoms with van der Waals surface area (Å²) in [5.74, 6) is 0. The van der Waals surface area contributed by atoms with E-state index < -0.39 is 0 Å². The Balaban J connectivity index is 1.90. The van der Waals surface area contributed by atoms with Gasteiger partial charge in [-0.25, -0.2) is 4.52 Å². The molecule has 3 aromatic carbocycles. The Bertz CT molecular complexity index is 1470. The molecule has 0 bridgehead atoms. The molecule has 0 amide bonds. The predicted molar refractivity (Wildman–Crippen MR) is 112 cm³/mol. The first-order valence-electron chi connectivity index (χ1n) is 9.16. The molecule has 3 heteroatoms. The quantitative estimate of drug-likeness (QED) is 0.368. The molecule has 0 aliphatic rings. The third-order valence-electron chi connectivity index (χ3n) is 5.53. The highest BCUT2D eigenvalue weighted by Gasteiger charge is 2.18. The molecule has 0 radical (unpaired) electrons. The van der Waals surface area contributed by atoms with Gasteiger partial charge in [0, 0.05) is 34.3 Å². The first kappa shape index (κ1) is 14.6. The van der Waals surface area contributed by atoms with Gasteiger partial charge in [-0.1, -0.05) is 66.7 Å². The van der Waals surface area contributed by atoms with Crippen molar-refractivity contribution in [2.75, 3.05) is 0 Å². The summed E-state index contributed by atoms with van der Waals surface area (Å²) in [4.78, 5) is 0. The monoisotopic (exact) mass is 347 g/mol. The molecule has 0 spiro atoms. The van der Waals surface area contributed by atoms with E-state index in [1.807, 2.05) is 6.07 Å². The van der Waals surface area contributed by atoms with Gasteiger partial charge in [0.15, 0.2) is 0 Å². The Labute approximate surface area is 156 Å². The maximum absolute atomic E-state index is 4.98. The summed E-state index contributed by atoms with van der Waals surface area (Å²) < 4.78 is 4.41. The fourth-order valence-corrected chi connectivity index (χ4v) is 4.32. The van der Waals surface area contributed by atoms with Crippen LogP contribution >= 0.6 is 0 Å². The molecule has 3 aromatic heterocycles.